The SMILES string of the molecule is Cc1n[nH]c(C)c1-c1ccc(NC(=O)C(NC(=O)C2(F)CC2)C(C2CC2)C2CC2)cc1O. The first-order valence-electron chi connectivity index (χ1n) is 11.4. The molecule has 7 nitrogen and oxygen atoms in total. The van der Waals surface area contributed by atoms with Crippen molar-refractivity contribution in [3.05, 3.63) is 29.6 Å². The third-order valence-corrected chi connectivity index (χ3v) is 7.05. The molecule has 170 valence electrons. The standard InChI is InChI=1S/C24H29FN4O3/c1-12-19(13(2)29-28-12)17-8-7-16(11-18(17)30)26-22(31)21(27-23(32)24(25)9-10-24)20(14-3-4-14)15-5-6-15/h7-8,11,14-15,20-21,30H,3-6,9-10H2,1-2H3,(H,26,31)(H,27,32)(H,28,29). The summed E-state index contributed by atoms with van der Waals surface area (Å²) >= 11 is 0. The highest BCUT2D eigenvalue weighted by Gasteiger charge is 2.54. The third-order valence-electron chi connectivity index (χ3n) is 7.05. The van der Waals surface area contributed by atoms with Crippen molar-refractivity contribution in [3.8, 4) is 16.9 Å². The Morgan fingerprint density at radius 2 is 1.84 bits per heavy atom. The number of amides is 2. The van der Waals surface area contributed by atoms with Crippen LogP contribution in [0.1, 0.15) is 49.9 Å². The van der Waals surface area contributed by atoms with Crippen molar-refractivity contribution in [1.82, 2.24) is 15.5 Å². The van der Waals surface area contributed by atoms with E-state index in [9.17, 15) is 19.1 Å². The molecule has 3 aliphatic rings. The molecule has 0 radical (unpaired) electrons. The number of carbonyl (C=O) groups excluding carboxylic acids is 2. The lowest BCUT2D eigenvalue weighted by molar-refractivity contribution is -0.132. The molecule has 2 aromatic rings. The predicted molar refractivity (Wildman–Crippen MR) is 118 cm³/mol. The fourth-order valence-corrected chi connectivity index (χ4v) is 4.82. The number of aromatic nitrogens is 2. The van der Waals surface area contributed by atoms with E-state index in [2.05, 4.69) is 20.8 Å². The lowest BCUT2D eigenvalue weighted by atomic mass is 9.88. The van der Waals surface area contributed by atoms with E-state index < -0.39 is 17.6 Å². The number of nitrogens with zero attached hydrogens (tertiary/aromatic N) is 1. The van der Waals surface area contributed by atoms with Crippen molar-refractivity contribution < 1.29 is 19.1 Å². The molecule has 1 aromatic carbocycles. The molecule has 2 amide bonds. The van der Waals surface area contributed by atoms with Crippen molar-refractivity contribution >= 4 is 17.5 Å². The number of hydrogen-bond donors (Lipinski definition) is 4. The van der Waals surface area contributed by atoms with E-state index in [1.807, 2.05) is 13.8 Å². The van der Waals surface area contributed by atoms with Gasteiger partial charge in [0.1, 0.15) is 11.8 Å². The summed E-state index contributed by atoms with van der Waals surface area (Å²) in [5.41, 5.74) is 1.67. The molecule has 0 aliphatic heterocycles. The van der Waals surface area contributed by atoms with Gasteiger partial charge in [-0.15, -0.1) is 0 Å². The van der Waals surface area contributed by atoms with Gasteiger partial charge in [0, 0.05) is 28.6 Å². The monoisotopic (exact) mass is 440 g/mol. The Hall–Kier alpha value is -2.90. The maximum absolute atomic E-state index is 14.4. The van der Waals surface area contributed by atoms with Gasteiger partial charge in [-0.25, -0.2) is 4.39 Å². The molecular formula is C24H29FN4O3. The van der Waals surface area contributed by atoms with Gasteiger partial charge in [-0.05, 0) is 82.3 Å². The van der Waals surface area contributed by atoms with Crippen LogP contribution in [0, 0.1) is 31.6 Å². The van der Waals surface area contributed by atoms with E-state index in [1.165, 1.54) is 6.07 Å². The molecule has 0 bridgehead atoms. The zero-order chi connectivity index (χ0) is 22.6. The first-order chi connectivity index (χ1) is 15.3. The van der Waals surface area contributed by atoms with E-state index in [1.54, 1.807) is 12.1 Å². The van der Waals surface area contributed by atoms with Crippen LogP contribution in [-0.2, 0) is 9.59 Å². The van der Waals surface area contributed by atoms with Gasteiger partial charge < -0.3 is 15.7 Å². The van der Waals surface area contributed by atoms with Gasteiger partial charge in [-0.2, -0.15) is 5.10 Å². The Balaban J connectivity index is 1.37. The fourth-order valence-electron chi connectivity index (χ4n) is 4.82. The lowest BCUT2D eigenvalue weighted by Gasteiger charge is -2.28. The molecule has 3 aliphatic carbocycles. The zero-order valence-corrected chi connectivity index (χ0v) is 18.4. The highest BCUT2D eigenvalue weighted by molar-refractivity contribution is 5.99. The van der Waals surface area contributed by atoms with Gasteiger partial charge in [-0.1, -0.05) is 0 Å². The van der Waals surface area contributed by atoms with Crippen LogP contribution in [0.3, 0.4) is 0 Å². The summed E-state index contributed by atoms with van der Waals surface area (Å²) < 4.78 is 14.4. The van der Waals surface area contributed by atoms with Crippen molar-refractivity contribution in [2.45, 2.75) is 64.1 Å². The van der Waals surface area contributed by atoms with Gasteiger partial charge in [0.15, 0.2) is 5.67 Å². The Morgan fingerprint density at radius 3 is 2.34 bits per heavy atom. The zero-order valence-electron chi connectivity index (χ0n) is 18.4. The molecule has 32 heavy (non-hydrogen) atoms. The summed E-state index contributed by atoms with van der Waals surface area (Å²) in [5.74, 6) is -0.169. The first kappa shape index (κ1) is 21.0. The van der Waals surface area contributed by atoms with Crippen LogP contribution >= 0.6 is 0 Å². The van der Waals surface area contributed by atoms with E-state index in [-0.39, 0.29) is 30.4 Å². The Labute approximate surface area is 186 Å². The molecule has 0 saturated heterocycles. The second-order valence-electron chi connectivity index (χ2n) is 9.70. The summed E-state index contributed by atoms with van der Waals surface area (Å²) in [6, 6.07) is 4.19. The maximum Gasteiger partial charge on any atom is 0.258 e. The molecule has 1 unspecified atom stereocenters. The molecule has 1 atom stereocenters. The minimum Gasteiger partial charge on any atom is -0.507 e. The topological polar surface area (TPSA) is 107 Å². The maximum atomic E-state index is 14.4. The van der Waals surface area contributed by atoms with E-state index in [0.717, 1.165) is 42.6 Å². The van der Waals surface area contributed by atoms with Gasteiger partial charge in [-0.3, -0.25) is 14.7 Å². The average molecular weight is 441 g/mol. The van der Waals surface area contributed by atoms with Crippen LogP contribution in [0.25, 0.3) is 11.1 Å². The van der Waals surface area contributed by atoms with Crippen molar-refractivity contribution in [2.75, 3.05) is 5.32 Å². The number of H-pyrrole nitrogens is 1. The molecule has 1 heterocycles. The number of halogens is 1. The number of hydrogen-bond acceptors (Lipinski definition) is 4. The molecule has 1 aromatic heterocycles. The summed E-state index contributed by atoms with van der Waals surface area (Å²) in [6.07, 6.45) is 4.60. The number of carbonyl (C=O) groups is 2. The van der Waals surface area contributed by atoms with Crippen molar-refractivity contribution in [2.24, 2.45) is 17.8 Å². The van der Waals surface area contributed by atoms with E-state index in [4.69, 9.17) is 0 Å². The molecule has 8 heteroatoms. The Bertz CT molecular complexity index is 1040. The van der Waals surface area contributed by atoms with Gasteiger partial charge in [0.05, 0.1) is 5.69 Å². The smallest absolute Gasteiger partial charge is 0.258 e. The number of aromatic amines is 1. The van der Waals surface area contributed by atoms with Crippen LogP contribution in [-0.4, -0.2) is 38.8 Å². The fraction of sp³-hybridized carbons (Fsp3) is 0.542. The molecular weight excluding hydrogens is 411 g/mol. The van der Waals surface area contributed by atoms with Crippen molar-refractivity contribution in [3.63, 3.8) is 0 Å². The second-order valence-corrected chi connectivity index (χ2v) is 9.70. The van der Waals surface area contributed by atoms with E-state index in [0.29, 0.717) is 23.1 Å². The normalized spacial score (nSPS) is 20.1. The molecule has 3 fully saturated rings. The van der Waals surface area contributed by atoms with Crippen molar-refractivity contribution in [1.29, 1.82) is 0 Å². The molecule has 3 saturated carbocycles. The van der Waals surface area contributed by atoms with Crippen LogP contribution in [0.5, 0.6) is 5.75 Å². The van der Waals surface area contributed by atoms with Crippen LogP contribution in [0.15, 0.2) is 18.2 Å². The van der Waals surface area contributed by atoms with E-state index >= 15 is 0 Å². The number of phenols is 1. The number of rotatable bonds is 8. The second kappa shape index (κ2) is 7.60. The summed E-state index contributed by atoms with van der Waals surface area (Å²) in [4.78, 5) is 25.8. The highest BCUT2D eigenvalue weighted by atomic mass is 19.1. The molecule has 4 N–H and O–H groups in total. The number of benzene rings is 1. The highest BCUT2D eigenvalue weighted by Crippen LogP contribution is 2.51. The summed E-state index contributed by atoms with van der Waals surface area (Å²) in [6.45, 7) is 3.74. The van der Waals surface area contributed by atoms with Gasteiger partial charge >= 0.3 is 0 Å². The number of anilines is 1. The Kier molecular flexibility index (Phi) is 4.98. The quantitative estimate of drug-likeness (QED) is 0.501. The number of alkyl halides is 1. The van der Waals surface area contributed by atoms with Crippen LogP contribution < -0.4 is 10.6 Å². The lowest BCUT2D eigenvalue weighted by Crippen LogP contribution is -2.52. The van der Waals surface area contributed by atoms with Crippen LogP contribution in [0.2, 0.25) is 0 Å². The Morgan fingerprint density at radius 1 is 1.19 bits per heavy atom. The van der Waals surface area contributed by atoms with Gasteiger partial charge in [0.2, 0.25) is 5.91 Å². The molecule has 5 rings (SSSR count). The number of aryl methyl sites for hydroxylation is 2. The summed E-state index contributed by atoms with van der Waals surface area (Å²) in [5, 5.41) is 23.3. The number of phenolic OH excluding ortho intramolecular Hbond substituents is 1. The largest absolute Gasteiger partial charge is 0.507 e. The number of aromatic hydroxyl groups is 1. The van der Waals surface area contributed by atoms with Crippen LogP contribution in [0.4, 0.5) is 10.1 Å². The van der Waals surface area contributed by atoms with Gasteiger partial charge in [0.25, 0.3) is 5.91 Å². The third kappa shape index (κ3) is 3.98. The first-order valence-corrected chi connectivity index (χ1v) is 11.4. The predicted octanol–water partition coefficient (Wildman–Crippen LogP) is 3.76. The minimum absolute atomic E-state index is 0.0256. The average Bonchev–Trinajstić information content (AvgIpc) is 3.61. The summed E-state index contributed by atoms with van der Waals surface area (Å²) in [7, 11) is 0. The minimum atomic E-state index is -1.82. The number of nitrogens with one attached hydrogen (secondary N) is 3. The molecule has 0 spiro atoms.